The number of hydrogen-bond acceptors (Lipinski definition) is 5. The van der Waals surface area contributed by atoms with Crippen LogP contribution in [0.4, 0.5) is 4.39 Å². The Morgan fingerprint density at radius 1 is 1.03 bits per heavy atom. The van der Waals surface area contributed by atoms with Crippen molar-refractivity contribution >= 4 is 27.2 Å². The van der Waals surface area contributed by atoms with Gasteiger partial charge in [-0.3, -0.25) is 9.50 Å². The van der Waals surface area contributed by atoms with Crippen LogP contribution in [0.1, 0.15) is 30.9 Å². The van der Waals surface area contributed by atoms with E-state index in [-0.39, 0.29) is 5.82 Å². The second-order valence-corrected chi connectivity index (χ2v) is 9.56. The summed E-state index contributed by atoms with van der Waals surface area (Å²) in [5.41, 5.74) is 7.28. The SMILES string of the molecule is CCC[C@H](O)c1nc2ccc(-c3cnc4ccc(-c5cn[nH]c5-c5ccc(F)cc5)cn34)cc2s1. The average molecular weight is 484 g/mol. The molecule has 2 aromatic carbocycles. The maximum absolute atomic E-state index is 13.4. The predicted molar refractivity (Wildman–Crippen MR) is 137 cm³/mol. The largest absolute Gasteiger partial charge is 0.386 e. The van der Waals surface area contributed by atoms with Gasteiger partial charge in [0.05, 0.1) is 34.0 Å². The van der Waals surface area contributed by atoms with Gasteiger partial charge in [0, 0.05) is 28.5 Å². The van der Waals surface area contributed by atoms with Gasteiger partial charge in [0.1, 0.15) is 22.6 Å². The van der Waals surface area contributed by atoms with Crippen molar-refractivity contribution in [3.63, 3.8) is 0 Å². The highest BCUT2D eigenvalue weighted by atomic mass is 32.1. The molecule has 0 saturated heterocycles. The molecule has 4 aromatic heterocycles. The van der Waals surface area contributed by atoms with Gasteiger partial charge in [-0.1, -0.05) is 19.4 Å². The number of H-pyrrole nitrogens is 1. The van der Waals surface area contributed by atoms with Crippen molar-refractivity contribution in [2.75, 3.05) is 0 Å². The monoisotopic (exact) mass is 483 g/mol. The van der Waals surface area contributed by atoms with Gasteiger partial charge in [0.25, 0.3) is 0 Å². The van der Waals surface area contributed by atoms with Crippen molar-refractivity contribution in [2.45, 2.75) is 25.9 Å². The first-order valence-electron chi connectivity index (χ1n) is 11.5. The molecule has 0 aliphatic heterocycles. The van der Waals surface area contributed by atoms with Gasteiger partial charge in [-0.2, -0.15) is 5.10 Å². The van der Waals surface area contributed by atoms with E-state index in [2.05, 4.69) is 37.6 Å². The number of aromatic nitrogens is 5. The Kier molecular flexibility index (Phi) is 5.39. The fraction of sp³-hybridized carbons (Fsp3) is 0.148. The van der Waals surface area contributed by atoms with Crippen LogP contribution >= 0.6 is 11.3 Å². The molecular weight excluding hydrogens is 461 g/mol. The third-order valence-corrected chi connectivity index (χ3v) is 7.26. The zero-order valence-corrected chi connectivity index (χ0v) is 19.8. The first-order valence-corrected chi connectivity index (χ1v) is 12.3. The number of halogens is 1. The minimum absolute atomic E-state index is 0.274. The second-order valence-electron chi connectivity index (χ2n) is 8.49. The molecule has 0 spiro atoms. The Bertz CT molecular complexity index is 1650. The molecule has 6 rings (SSSR count). The lowest BCUT2D eigenvalue weighted by Crippen LogP contribution is -1.94. The molecule has 0 bridgehead atoms. The zero-order chi connectivity index (χ0) is 23.9. The summed E-state index contributed by atoms with van der Waals surface area (Å²) >= 11 is 1.53. The molecule has 2 N–H and O–H groups in total. The Morgan fingerprint density at radius 3 is 2.66 bits per heavy atom. The summed E-state index contributed by atoms with van der Waals surface area (Å²) in [6, 6.07) is 16.5. The molecule has 0 aliphatic rings. The van der Waals surface area contributed by atoms with Crippen LogP contribution in [0.5, 0.6) is 0 Å². The van der Waals surface area contributed by atoms with Crippen LogP contribution < -0.4 is 0 Å². The van der Waals surface area contributed by atoms with Crippen LogP contribution in [0.2, 0.25) is 0 Å². The van der Waals surface area contributed by atoms with Gasteiger partial charge >= 0.3 is 0 Å². The van der Waals surface area contributed by atoms with E-state index in [9.17, 15) is 9.50 Å². The standard InChI is InChI=1S/C27H22FN5OS/c1-2-3-23(34)27-31-21-10-6-17(12-24(21)35-27)22-14-29-25-11-7-18(15-33(22)25)20-13-30-32-26(20)16-4-8-19(28)9-5-16/h4-15,23,34H,2-3H2,1H3,(H,30,32)/t23-/m0/s1. The summed E-state index contributed by atoms with van der Waals surface area (Å²) in [4.78, 5) is 9.21. The highest BCUT2D eigenvalue weighted by molar-refractivity contribution is 7.18. The van der Waals surface area contributed by atoms with E-state index in [1.165, 1.54) is 23.5 Å². The van der Waals surface area contributed by atoms with Crippen molar-refractivity contribution in [3.8, 4) is 33.6 Å². The van der Waals surface area contributed by atoms with Gasteiger partial charge in [-0.15, -0.1) is 11.3 Å². The lowest BCUT2D eigenvalue weighted by atomic mass is 10.0. The summed E-state index contributed by atoms with van der Waals surface area (Å²) in [5, 5.41) is 18.4. The molecule has 6 nitrogen and oxygen atoms in total. The average Bonchev–Trinajstić information content (AvgIpc) is 3.61. The number of fused-ring (bicyclic) bond motifs is 2. The van der Waals surface area contributed by atoms with Gasteiger partial charge < -0.3 is 5.11 Å². The molecule has 8 heteroatoms. The van der Waals surface area contributed by atoms with E-state index in [1.807, 2.05) is 36.7 Å². The fourth-order valence-corrected chi connectivity index (χ4v) is 5.36. The molecule has 35 heavy (non-hydrogen) atoms. The van der Waals surface area contributed by atoms with Crippen LogP contribution in [0.15, 0.2) is 73.2 Å². The van der Waals surface area contributed by atoms with Crippen LogP contribution in [-0.4, -0.2) is 29.7 Å². The summed E-state index contributed by atoms with van der Waals surface area (Å²) in [6.45, 7) is 2.06. The van der Waals surface area contributed by atoms with Crippen LogP contribution in [-0.2, 0) is 0 Å². The van der Waals surface area contributed by atoms with Crippen LogP contribution in [0, 0.1) is 5.82 Å². The number of pyridine rings is 1. The third kappa shape index (κ3) is 3.90. The molecule has 0 radical (unpaired) electrons. The smallest absolute Gasteiger partial charge is 0.137 e. The molecule has 6 aromatic rings. The van der Waals surface area contributed by atoms with Crippen LogP contribution in [0.25, 0.3) is 49.5 Å². The van der Waals surface area contributed by atoms with Crippen LogP contribution in [0.3, 0.4) is 0 Å². The Balaban J connectivity index is 1.41. The lowest BCUT2D eigenvalue weighted by molar-refractivity contribution is 0.166. The minimum atomic E-state index is -0.524. The fourth-order valence-electron chi connectivity index (χ4n) is 4.34. The minimum Gasteiger partial charge on any atom is -0.386 e. The topological polar surface area (TPSA) is 79.1 Å². The van der Waals surface area contributed by atoms with Gasteiger partial charge in [-0.25, -0.2) is 14.4 Å². The molecule has 1 atom stereocenters. The van der Waals surface area contributed by atoms with Gasteiger partial charge in [-0.05, 0) is 55.0 Å². The summed E-state index contributed by atoms with van der Waals surface area (Å²) < 4.78 is 16.5. The first kappa shape index (κ1) is 21.6. The second kappa shape index (κ2) is 8.72. The van der Waals surface area contributed by atoms with E-state index < -0.39 is 6.10 Å². The number of hydrogen-bond donors (Lipinski definition) is 2. The summed E-state index contributed by atoms with van der Waals surface area (Å²) in [6.07, 6.45) is 6.78. The van der Waals surface area contributed by atoms with E-state index in [4.69, 9.17) is 0 Å². The molecule has 0 amide bonds. The number of aliphatic hydroxyl groups excluding tert-OH is 1. The van der Waals surface area contributed by atoms with Crippen molar-refractivity contribution in [3.05, 3.63) is 84.0 Å². The Morgan fingerprint density at radius 2 is 1.83 bits per heavy atom. The summed E-state index contributed by atoms with van der Waals surface area (Å²) in [5.74, 6) is -0.274. The maximum atomic E-state index is 13.4. The molecule has 174 valence electrons. The van der Waals surface area contributed by atoms with E-state index in [1.54, 1.807) is 18.3 Å². The molecular formula is C27H22FN5OS. The van der Waals surface area contributed by atoms with Gasteiger partial charge in [0.15, 0.2) is 0 Å². The number of aliphatic hydroxyl groups is 1. The number of benzene rings is 2. The van der Waals surface area contributed by atoms with E-state index in [0.717, 1.165) is 60.9 Å². The van der Waals surface area contributed by atoms with E-state index >= 15 is 0 Å². The predicted octanol–water partition coefficient (Wildman–Crippen LogP) is 6.64. The van der Waals surface area contributed by atoms with Crippen molar-refractivity contribution in [1.82, 2.24) is 24.6 Å². The molecule has 0 saturated carbocycles. The first-order chi connectivity index (χ1) is 17.1. The highest BCUT2D eigenvalue weighted by Gasteiger charge is 2.16. The normalized spacial score (nSPS) is 12.5. The van der Waals surface area contributed by atoms with Crippen molar-refractivity contribution in [2.24, 2.45) is 0 Å². The number of nitrogens with one attached hydrogen (secondary N) is 1. The van der Waals surface area contributed by atoms with Crippen molar-refractivity contribution in [1.29, 1.82) is 0 Å². The zero-order valence-electron chi connectivity index (χ0n) is 18.9. The quantitative estimate of drug-likeness (QED) is 0.278. The lowest BCUT2D eigenvalue weighted by Gasteiger charge is -2.07. The number of imidazole rings is 1. The third-order valence-electron chi connectivity index (χ3n) is 6.14. The molecule has 4 heterocycles. The molecule has 0 fully saturated rings. The molecule has 0 aliphatic carbocycles. The Hall–Kier alpha value is -3.88. The summed E-state index contributed by atoms with van der Waals surface area (Å²) in [7, 11) is 0. The molecule has 0 unspecified atom stereocenters. The number of nitrogens with zero attached hydrogens (tertiary/aromatic N) is 4. The maximum Gasteiger partial charge on any atom is 0.137 e. The van der Waals surface area contributed by atoms with Crippen molar-refractivity contribution < 1.29 is 9.50 Å². The Labute approximate surface area is 204 Å². The number of rotatable bonds is 6. The van der Waals surface area contributed by atoms with Gasteiger partial charge in [0.2, 0.25) is 0 Å². The number of aromatic amines is 1. The number of thiazole rings is 1. The van der Waals surface area contributed by atoms with E-state index in [0.29, 0.717) is 6.42 Å². The highest BCUT2D eigenvalue weighted by Crippen LogP contribution is 2.34.